The topological polar surface area (TPSA) is 12.4 Å². The molecule has 1 heterocycles. The normalized spacial score (nSPS) is 19.7. The summed E-state index contributed by atoms with van der Waals surface area (Å²) >= 11 is 0. The maximum Gasteiger partial charge on any atom is 0.416 e. The van der Waals surface area contributed by atoms with Crippen molar-refractivity contribution in [3.8, 4) is 0 Å². The van der Waals surface area contributed by atoms with E-state index in [2.05, 4.69) is 18.8 Å². The van der Waals surface area contributed by atoms with E-state index in [1.807, 2.05) is 6.92 Å². The smallest absolute Gasteiger partial charge is 0.258 e. The van der Waals surface area contributed by atoms with Crippen LogP contribution in [0.25, 0.3) is 0 Å². The molecule has 0 N–H and O–H groups in total. The van der Waals surface area contributed by atoms with Crippen LogP contribution in [0.15, 0.2) is 23.2 Å². The van der Waals surface area contributed by atoms with Gasteiger partial charge in [0, 0.05) is 11.6 Å². The molecular formula is C14H16F3N. The fourth-order valence-electron chi connectivity index (χ4n) is 2.39. The van der Waals surface area contributed by atoms with E-state index in [1.165, 1.54) is 0 Å². The predicted octanol–water partition coefficient (Wildman–Crippen LogP) is 4.63. The van der Waals surface area contributed by atoms with Gasteiger partial charge in [-0.25, -0.2) is 0 Å². The SMILES string of the molecule is CC1=Nc2cc(C(F)(F)F)ccc2C[C@@H]1C(C)C. The Kier molecular flexibility index (Phi) is 3.21. The van der Waals surface area contributed by atoms with Crippen molar-refractivity contribution in [3.05, 3.63) is 29.3 Å². The molecule has 1 aromatic rings. The summed E-state index contributed by atoms with van der Waals surface area (Å²) < 4.78 is 37.8. The van der Waals surface area contributed by atoms with E-state index >= 15 is 0 Å². The number of benzene rings is 1. The zero-order valence-electron chi connectivity index (χ0n) is 10.7. The first-order chi connectivity index (χ1) is 8.29. The van der Waals surface area contributed by atoms with Crippen LogP contribution in [0.4, 0.5) is 18.9 Å². The number of alkyl halides is 3. The number of fused-ring (bicyclic) bond motifs is 1. The number of hydrogen-bond acceptors (Lipinski definition) is 1. The van der Waals surface area contributed by atoms with Crippen LogP contribution in [0.3, 0.4) is 0 Å². The molecule has 4 heteroatoms. The Labute approximate surface area is 105 Å². The van der Waals surface area contributed by atoms with Gasteiger partial charge in [-0.05, 0) is 37.0 Å². The highest BCUT2D eigenvalue weighted by molar-refractivity contribution is 5.89. The highest BCUT2D eigenvalue weighted by Crippen LogP contribution is 2.37. The van der Waals surface area contributed by atoms with E-state index in [-0.39, 0.29) is 0 Å². The monoisotopic (exact) mass is 255 g/mol. The standard InChI is InChI=1S/C14H16F3N/c1-8(2)12-6-10-4-5-11(14(15,16)17)7-13(10)18-9(12)3/h4-5,7-8,12H,6H2,1-3H3/t12-/m1/s1. The summed E-state index contributed by atoms with van der Waals surface area (Å²) in [5.41, 5.74) is 1.68. The van der Waals surface area contributed by atoms with E-state index in [0.717, 1.165) is 29.8 Å². The summed E-state index contributed by atoms with van der Waals surface area (Å²) in [5.74, 6) is 0.776. The van der Waals surface area contributed by atoms with Crippen LogP contribution < -0.4 is 0 Å². The van der Waals surface area contributed by atoms with Crippen LogP contribution in [0, 0.1) is 11.8 Å². The molecule has 0 amide bonds. The Morgan fingerprint density at radius 1 is 1.28 bits per heavy atom. The van der Waals surface area contributed by atoms with Gasteiger partial charge in [0.1, 0.15) is 0 Å². The molecule has 0 aliphatic carbocycles. The second-order valence-corrected chi connectivity index (χ2v) is 5.15. The first-order valence-corrected chi connectivity index (χ1v) is 6.04. The van der Waals surface area contributed by atoms with Gasteiger partial charge in [0.15, 0.2) is 0 Å². The maximum atomic E-state index is 12.6. The van der Waals surface area contributed by atoms with Gasteiger partial charge in [-0.1, -0.05) is 19.9 Å². The third-order valence-electron chi connectivity index (χ3n) is 3.49. The number of hydrogen-bond donors (Lipinski definition) is 0. The highest BCUT2D eigenvalue weighted by atomic mass is 19.4. The van der Waals surface area contributed by atoms with Crippen molar-refractivity contribution in [1.82, 2.24) is 0 Å². The molecule has 1 aliphatic rings. The van der Waals surface area contributed by atoms with E-state index in [1.54, 1.807) is 6.07 Å². The largest absolute Gasteiger partial charge is 0.416 e. The van der Waals surface area contributed by atoms with Crippen molar-refractivity contribution in [2.45, 2.75) is 33.4 Å². The molecule has 0 saturated carbocycles. The second-order valence-electron chi connectivity index (χ2n) is 5.15. The number of rotatable bonds is 1. The van der Waals surface area contributed by atoms with Crippen molar-refractivity contribution in [2.75, 3.05) is 0 Å². The van der Waals surface area contributed by atoms with Crippen LogP contribution in [0.2, 0.25) is 0 Å². The lowest BCUT2D eigenvalue weighted by Gasteiger charge is -2.26. The molecule has 0 spiro atoms. The lowest BCUT2D eigenvalue weighted by atomic mass is 9.83. The summed E-state index contributed by atoms with van der Waals surface area (Å²) in [5, 5.41) is 0. The fourth-order valence-corrected chi connectivity index (χ4v) is 2.39. The van der Waals surface area contributed by atoms with E-state index < -0.39 is 11.7 Å². The molecule has 1 aliphatic heterocycles. The summed E-state index contributed by atoms with van der Waals surface area (Å²) in [7, 11) is 0. The van der Waals surface area contributed by atoms with E-state index in [4.69, 9.17) is 0 Å². The zero-order valence-corrected chi connectivity index (χ0v) is 10.7. The van der Waals surface area contributed by atoms with Gasteiger partial charge in [-0.3, -0.25) is 4.99 Å². The summed E-state index contributed by atoms with van der Waals surface area (Å²) in [6.45, 7) is 6.12. The van der Waals surface area contributed by atoms with Gasteiger partial charge in [-0.2, -0.15) is 13.2 Å². The van der Waals surface area contributed by atoms with Crippen LogP contribution >= 0.6 is 0 Å². The second kappa shape index (κ2) is 4.41. The lowest BCUT2D eigenvalue weighted by Crippen LogP contribution is -2.23. The molecule has 1 nitrogen and oxygen atoms in total. The molecule has 2 rings (SSSR count). The van der Waals surface area contributed by atoms with Gasteiger partial charge in [0.05, 0.1) is 11.3 Å². The third-order valence-corrected chi connectivity index (χ3v) is 3.49. The minimum absolute atomic E-state index is 0.328. The molecule has 0 bridgehead atoms. The molecule has 1 aromatic carbocycles. The molecule has 1 atom stereocenters. The summed E-state index contributed by atoms with van der Waals surface area (Å²) in [4.78, 5) is 4.34. The number of nitrogens with zero attached hydrogens (tertiary/aromatic N) is 1. The van der Waals surface area contributed by atoms with Gasteiger partial charge >= 0.3 is 6.18 Å². The van der Waals surface area contributed by atoms with Crippen molar-refractivity contribution in [3.63, 3.8) is 0 Å². The van der Waals surface area contributed by atoms with Crippen molar-refractivity contribution in [1.29, 1.82) is 0 Å². The Bertz CT molecular complexity index is 486. The molecule has 0 radical (unpaired) electrons. The van der Waals surface area contributed by atoms with Crippen LogP contribution in [-0.2, 0) is 12.6 Å². The molecule has 0 saturated heterocycles. The molecule has 0 unspecified atom stereocenters. The Morgan fingerprint density at radius 3 is 2.50 bits per heavy atom. The lowest BCUT2D eigenvalue weighted by molar-refractivity contribution is -0.137. The van der Waals surface area contributed by atoms with Crippen LogP contribution in [0.5, 0.6) is 0 Å². The summed E-state index contributed by atoms with van der Waals surface area (Å²) in [6, 6.07) is 3.85. The molecule has 0 fully saturated rings. The Balaban J connectivity index is 2.41. The van der Waals surface area contributed by atoms with Gasteiger partial charge in [0.25, 0.3) is 0 Å². The average Bonchev–Trinajstić information content (AvgIpc) is 2.25. The highest BCUT2D eigenvalue weighted by Gasteiger charge is 2.32. The van der Waals surface area contributed by atoms with E-state index in [9.17, 15) is 13.2 Å². The molecule has 18 heavy (non-hydrogen) atoms. The van der Waals surface area contributed by atoms with Crippen molar-refractivity contribution < 1.29 is 13.2 Å². The third kappa shape index (κ3) is 2.42. The van der Waals surface area contributed by atoms with Gasteiger partial charge in [0.2, 0.25) is 0 Å². The van der Waals surface area contributed by atoms with Crippen molar-refractivity contribution in [2.24, 2.45) is 16.8 Å². The van der Waals surface area contributed by atoms with Gasteiger partial charge < -0.3 is 0 Å². The molecule has 0 aromatic heterocycles. The fraction of sp³-hybridized carbons (Fsp3) is 0.500. The number of halogens is 3. The summed E-state index contributed by atoms with van der Waals surface area (Å²) in [6.07, 6.45) is -3.52. The maximum absolute atomic E-state index is 12.6. The number of aliphatic imine (C=N–C) groups is 1. The van der Waals surface area contributed by atoms with Crippen LogP contribution in [0.1, 0.15) is 31.9 Å². The Morgan fingerprint density at radius 2 is 1.94 bits per heavy atom. The average molecular weight is 255 g/mol. The zero-order chi connectivity index (χ0) is 13.5. The minimum atomic E-state index is -4.30. The first-order valence-electron chi connectivity index (χ1n) is 6.04. The molecular weight excluding hydrogens is 239 g/mol. The van der Waals surface area contributed by atoms with Gasteiger partial charge in [-0.15, -0.1) is 0 Å². The van der Waals surface area contributed by atoms with Crippen molar-refractivity contribution >= 4 is 11.4 Å². The molecule has 98 valence electrons. The van der Waals surface area contributed by atoms with E-state index in [0.29, 0.717) is 17.5 Å². The predicted molar refractivity (Wildman–Crippen MR) is 66.2 cm³/mol. The Hall–Kier alpha value is -1.32. The first kappa shape index (κ1) is 13.1. The van der Waals surface area contributed by atoms with Crippen LogP contribution in [-0.4, -0.2) is 5.71 Å². The minimum Gasteiger partial charge on any atom is -0.258 e. The quantitative estimate of drug-likeness (QED) is 0.694.